The monoisotopic (exact) mass is 260 g/mol. The van der Waals surface area contributed by atoms with Crippen LogP contribution in [0.1, 0.15) is 0 Å². The summed E-state index contributed by atoms with van der Waals surface area (Å²) in [5.74, 6) is 0. The first kappa shape index (κ1) is 10.5. The van der Waals surface area contributed by atoms with E-state index in [0.717, 1.165) is 0 Å². The Morgan fingerprint density at radius 2 is 1.13 bits per heavy atom. The van der Waals surface area contributed by atoms with Crippen molar-refractivity contribution in [2.24, 2.45) is 0 Å². The molecule has 0 unspecified atom stereocenters. The molecule has 0 amide bonds. The predicted octanol–water partition coefficient (Wildman–Crippen LogP) is 1.44. The van der Waals surface area contributed by atoms with Crippen LogP contribution in [0, 0.1) is 0 Å². The van der Waals surface area contributed by atoms with E-state index in [2.05, 4.69) is 48.5 Å². The Bertz CT molecular complexity index is 360. The number of hydrogen-bond acceptors (Lipinski definition) is 1. The van der Waals surface area contributed by atoms with E-state index in [1.165, 1.54) is 8.70 Å². The summed E-state index contributed by atoms with van der Waals surface area (Å²) in [5.41, 5.74) is 0. The van der Waals surface area contributed by atoms with Crippen LogP contribution in [0.3, 0.4) is 0 Å². The van der Waals surface area contributed by atoms with Crippen molar-refractivity contribution in [1.29, 1.82) is 0 Å². The van der Waals surface area contributed by atoms with Gasteiger partial charge in [-0.15, -0.1) is 0 Å². The standard InChI is InChI=1S/C13H13AsO/c1-15-14(12-8-4-2-5-9-12)13-10-6-3-7-11-13/h2-11H,1H3. The van der Waals surface area contributed by atoms with Gasteiger partial charge < -0.3 is 0 Å². The van der Waals surface area contributed by atoms with Crippen LogP contribution < -0.4 is 8.70 Å². The zero-order valence-electron chi connectivity index (χ0n) is 8.63. The van der Waals surface area contributed by atoms with Gasteiger partial charge in [-0.05, 0) is 0 Å². The van der Waals surface area contributed by atoms with Crippen LogP contribution in [0.4, 0.5) is 0 Å². The van der Waals surface area contributed by atoms with Crippen molar-refractivity contribution in [2.45, 2.75) is 0 Å². The second-order valence-electron chi connectivity index (χ2n) is 3.15. The molecule has 1 nitrogen and oxygen atoms in total. The molecule has 0 heterocycles. The van der Waals surface area contributed by atoms with Gasteiger partial charge in [-0.25, -0.2) is 0 Å². The molecular weight excluding hydrogens is 247 g/mol. The Morgan fingerprint density at radius 1 is 0.733 bits per heavy atom. The van der Waals surface area contributed by atoms with Gasteiger partial charge in [0.15, 0.2) is 0 Å². The first-order valence-electron chi connectivity index (χ1n) is 4.86. The van der Waals surface area contributed by atoms with Crippen molar-refractivity contribution in [1.82, 2.24) is 0 Å². The maximum absolute atomic E-state index is 5.67. The van der Waals surface area contributed by atoms with E-state index in [1.54, 1.807) is 7.11 Å². The molecule has 0 bridgehead atoms. The molecule has 0 aliphatic heterocycles. The molecule has 0 saturated heterocycles. The topological polar surface area (TPSA) is 9.23 Å². The summed E-state index contributed by atoms with van der Waals surface area (Å²) in [7, 11) is 1.81. The van der Waals surface area contributed by atoms with Gasteiger partial charge in [-0.3, -0.25) is 0 Å². The minimum absolute atomic E-state index is 1.33. The molecule has 2 rings (SSSR count). The van der Waals surface area contributed by atoms with E-state index in [-0.39, 0.29) is 0 Å². The van der Waals surface area contributed by atoms with E-state index in [0.29, 0.717) is 0 Å². The number of hydrogen-bond donors (Lipinski definition) is 0. The molecule has 0 fully saturated rings. The molecule has 2 aromatic rings. The average Bonchev–Trinajstić information content (AvgIpc) is 2.33. The van der Waals surface area contributed by atoms with Crippen LogP contribution in [0.25, 0.3) is 0 Å². The van der Waals surface area contributed by atoms with E-state index in [1.807, 2.05) is 12.1 Å². The molecule has 0 aromatic heterocycles. The molecule has 0 aliphatic rings. The molecule has 0 radical (unpaired) electrons. The summed E-state index contributed by atoms with van der Waals surface area (Å²) in [4.78, 5) is 0. The molecule has 15 heavy (non-hydrogen) atoms. The fraction of sp³-hybridized carbons (Fsp3) is 0.0769. The normalized spacial score (nSPS) is 10.5. The van der Waals surface area contributed by atoms with E-state index in [4.69, 9.17) is 3.73 Å². The molecule has 0 N–H and O–H groups in total. The van der Waals surface area contributed by atoms with Crippen LogP contribution in [0.5, 0.6) is 0 Å². The minimum atomic E-state index is -1.50. The summed E-state index contributed by atoms with van der Waals surface area (Å²) in [6, 6.07) is 20.9. The summed E-state index contributed by atoms with van der Waals surface area (Å²) in [5, 5.41) is 0. The van der Waals surface area contributed by atoms with Crippen molar-refractivity contribution in [3.05, 3.63) is 60.7 Å². The quantitative estimate of drug-likeness (QED) is 0.759. The zero-order chi connectivity index (χ0) is 10.5. The van der Waals surface area contributed by atoms with Gasteiger partial charge in [0.1, 0.15) is 0 Å². The van der Waals surface area contributed by atoms with Gasteiger partial charge in [-0.2, -0.15) is 0 Å². The first-order valence-corrected chi connectivity index (χ1v) is 7.50. The van der Waals surface area contributed by atoms with Crippen molar-refractivity contribution < 1.29 is 3.73 Å². The fourth-order valence-corrected chi connectivity index (χ4v) is 4.86. The van der Waals surface area contributed by atoms with Crippen LogP contribution in [0.2, 0.25) is 0 Å². The summed E-state index contributed by atoms with van der Waals surface area (Å²) < 4.78 is 8.33. The van der Waals surface area contributed by atoms with E-state index < -0.39 is 15.0 Å². The Kier molecular flexibility index (Phi) is 3.60. The molecule has 0 spiro atoms. The van der Waals surface area contributed by atoms with Gasteiger partial charge in [0.05, 0.1) is 0 Å². The van der Waals surface area contributed by atoms with E-state index >= 15 is 0 Å². The second kappa shape index (κ2) is 5.16. The van der Waals surface area contributed by atoms with Crippen LogP contribution in [-0.2, 0) is 3.73 Å². The van der Waals surface area contributed by atoms with Crippen molar-refractivity contribution in [3.63, 3.8) is 0 Å². The van der Waals surface area contributed by atoms with Gasteiger partial charge in [0.2, 0.25) is 0 Å². The molecule has 2 aromatic carbocycles. The third-order valence-electron chi connectivity index (χ3n) is 2.16. The molecule has 0 aliphatic carbocycles. The van der Waals surface area contributed by atoms with Gasteiger partial charge >= 0.3 is 95.2 Å². The Labute approximate surface area is 95.3 Å². The molecule has 76 valence electrons. The number of rotatable bonds is 3. The second-order valence-corrected chi connectivity index (χ2v) is 7.32. The Balaban J connectivity index is 2.34. The van der Waals surface area contributed by atoms with Gasteiger partial charge in [0, 0.05) is 0 Å². The summed E-state index contributed by atoms with van der Waals surface area (Å²) in [6.45, 7) is 0. The third-order valence-corrected chi connectivity index (χ3v) is 6.15. The number of benzene rings is 2. The predicted molar refractivity (Wildman–Crippen MR) is 64.9 cm³/mol. The summed E-state index contributed by atoms with van der Waals surface area (Å²) >= 11 is -1.50. The van der Waals surface area contributed by atoms with Crippen molar-refractivity contribution >= 4 is 23.7 Å². The molecule has 0 atom stereocenters. The maximum atomic E-state index is 5.67. The Hall–Kier alpha value is -1.04. The third kappa shape index (κ3) is 2.50. The SMILES string of the molecule is CO[As](c1ccccc1)c1ccccc1. The van der Waals surface area contributed by atoms with Gasteiger partial charge in [0.25, 0.3) is 0 Å². The molecule has 0 saturated carbocycles. The van der Waals surface area contributed by atoms with Crippen molar-refractivity contribution in [2.75, 3.05) is 7.11 Å². The molecule has 2 heteroatoms. The fourth-order valence-electron chi connectivity index (χ4n) is 1.49. The Morgan fingerprint density at radius 3 is 1.47 bits per heavy atom. The van der Waals surface area contributed by atoms with Gasteiger partial charge in [-0.1, -0.05) is 0 Å². The molecular formula is C13H13AsO. The van der Waals surface area contributed by atoms with Crippen LogP contribution >= 0.6 is 0 Å². The van der Waals surface area contributed by atoms with Crippen LogP contribution in [-0.4, -0.2) is 22.1 Å². The average molecular weight is 260 g/mol. The van der Waals surface area contributed by atoms with E-state index in [9.17, 15) is 0 Å². The first-order chi connectivity index (χ1) is 7.42. The zero-order valence-corrected chi connectivity index (χ0v) is 10.5. The van der Waals surface area contributed by atoms with Crippen LogP contribution in [0.15, 0.2) is 60.7 Å². The summed E-state index contributed by atoms with van der Waals surface area (Å²) in [6.07, 6.45) is 0. The van der Waals surface area contributed by atoms with Crippen molar-refractivity contribution in [3.8, 4) is 0 Å².